The number of carbonyl (C=O) groups excluding carboxylic acids is 2. The van der Waals surface area contributed by atoms with Crippen molar-refractivity contribution < 1.29 is 33.3 Å². The molecule has 2 heterocycles. The van der Waals surface area contributed by atoms with Crippen LogP contribution in [0.25, 0.3) is 0 Å². The highest BCUT2D eigenvalue weighted by Gasteiger charge is 2.50. The quantitative estimate of drug-likeness (QED) is 0.451. The minimum Gasteiger partial charge on any atom is -0.461 e. The average molecular weight is 246 g/mol. The predicted octanol–water partition coefficient (Wildman–Crippen LogP) is -1.12. The molecule has 0 N–H and O–H groups in total. The molecule has 7 heteroatoms. The normalized spacial score (nSPS) is 35.4. The molecule has 2 fully saturated rings. The second-order valence-corrected chi connectivity index (χ2v) is 3.81. The number of rotatable bonds is 2. The number of carbonyl (C=O) groups is 2. The summed E-state index contributed by atoms with van der Waals surface area (Å²) in [5, 5.41) is 0. The molecule has 2 rings (SSSR count). The van der Waals surface area contributed by atoms with Crippen LogP contribution in [-0.2, 0) is 33.3 Å². The van der Waals surface area contributed by atoms with Gasteiger partial charge in [-0.3, -0.25) is 0 Å². The summed E-state index contributed by atoms with van der Waals surface area (Å²) in [5.41, 5.74) is 0. The molecule has 0 saturated carbocycles. The third-order valence-corrected chi connectivity index (χ3v) is 2.88. The van der Waals surface area contributed by atoms with Crippen LogP contribution in [0, 0.1) is 0 Å². The van der Waals surface area contributed by atoms with Gasteiger partial charge in [0.15, 0.2) is 6.10 Å². The van der Waals surface area contributed by atoms with Crippen LogP contribution in [0.1, 0.15) is 0 Å². The fourth-order valence-electron chi connectivity index (χ4n) is 2.00. The van der Waals surface area contributed by atoms with Gasteiger partial charge in [0.05, 0.1) is 20.3 Å². The first-order chi connectivity index (χ1) is 8.17. The molecule has 0 radical (unpaired) electrons. The van der Waals surface area contributed by atoms with Crippen LogP contribution in [0.2, 0.25) is 0 Å². The van der Waals surface area contributed by atoms with Gasteiger partial charge in [0, 0.05) is 7.11 Å². The highest BCUT2D eigenvalue weighted by molar-refractivity contribution is 6.29. The Morgan fingerprint density at radius 1 is 1.00 bits per heavy atom. The first-order valence-electron chi connectivity index (χ1n) is 5.22. The van der Waals surface area contributed by atoms with Crippen LogP contribution < -0.4 is 0 Å². The molecule has 0 aromatic carbocycles. The fourth-order valence-corrected chi connectivity index (χ4v) is 2.00. The molecule has 96 valence electrons. The van der Waals surface area contributed by atoms with Gasteiger partial charge in [-0.2, -0.15) is 0 Å². The molecule has 0 aliphatic carbocycles. The monoisotopic (exact) mass is 246 g/mol. The number of hydrogen-bond donors (Lipinski definition) is 0. The molecule has 4 atom stereocenters. The molecule has 2 saturated heterocycles. The van der Waals surface area contributed by atoms with Gasteiger partial charge >= 0.3 is 11.9 Å². The molecule has 0 aromatic rings. The minimum absolute atomic E-state index is 0.165. The van der Waals surface area contributed by atoms with Crippen LogP contribution in [0.15, 0.2) is 0 Å². The van der Waals surface area contributed by atoms with E-state index in [2.05, 4.69) is 4.74 Å². The second kappa shape index (κ2) is 4.99. The highest BCUT2D eigenvalue weighted by Crippen LogP contribution is 2.30. The van der Waals surface area contributed by atoms with Gasteiger partial charge < -0.3 is 23.7 Å². The van der Waals surface area contributed by atoms with Gasteiger partial charge in [-0.15, -0.1) is 0 Å². The summed E-state index contributed by atoms with van der Waals surface area (Å²) in [6.07, 6.45) is -1.39. The molecule has 2 aliphatic rings. The van der Waals surface area contributed by atoms with Crippen molar-refractivity contribution in [1.82, 2.24) is 0 Å². The van der Waals surface area contributed by atoms with Crippen LogP contribution in [0.3, 0.4) is 0 Å². The highest BCUT2D eigenvalue weighted by atomic mass is 16.7. The third kappa shape index (κ3) is 2.26. The van der Waals surface area contributed by atoms with Gasteiger partial charge in [0.25, 0.3) is 0 Å². The zero-order valence-electron chi connectivity index (χ0n) is 9.58. The number of esters is 2. The van der Waals surface area contributed by atoms with E-state index >= 15 is 0 Å². The Hall–Kier alpha value is -1.18. The Kier molecular flexibility index (Phi) is 3.60. The standard InChI is InChI=1S/C10H14O7/c1-13-5-3-15-8-6(4-16-7(5)8)17-10(12)9(11)14-2/h5-8H,3-4H2,1-2H3. The molecule has 0 aromatic heterocycles. The lowest BCUT2D eigenvalue weighted by molar-refractivity contribution is -0.172. The van der Waals surface area contributed by atoms with Crippen molar-refractivity contribution in [2.75, 3.05) is 27.4 Å². The fraction of sp³-hybridized carbons (Fsp3) is 0.800. The van der Waals surface area contributed by atoms with E-state index in [1.807, 2.05) is 0 Å². The van der Waals surface area contributed by atoms with Crippen LogP contribution >= 0.6 is 0 Å². The number of fused-ring (bicyclic) bond motifs is 1. The topological polar surface area (TPSA) is 80.3 Å². The summed E-state index contributed by atoms with van der Waals surface area (Å²) in [6, 6.07) is 0. The zero-order valence-corrected chi connectivity index (χ0v) is 9.58. The van der Waals surface area contributed by atoms with E-state index in [0.29, 0.717) is 6.61 Å². The van der Waals surface area contributed by atoms with Crippen LogP contribution in [0.4, 0.5) is 0 Å². The van der Waals surface area contributed by atoms with E-state index in [1.54, 1.807) is 7.11 Å². The number of hydrogen-bond acceptors (Lipinski definition) is 7. The van der Waals surface area contributed by atoms with Gasteiger partial charge in [-0.05, 0) is 0 Å². The molecule has 2 aliphatic heterocycles. The van der Waals surface area contributed by atoms with E-state index in [-0.39, 0.29) is 24.9 Å². The van der Waals surface area contributed by atoms with E-state index in [0.717, 1.165) is 7.11 Å². The minimum atomic E-state index is -1.04. The lowest BCUT2D eigenvalue weighted by Crippen LogP contribution is -2.36. The molecule has 7 nitrogen and oxygen atoms in total. The maximum Gasteiger partial charge on any atom is 0.417 e. The second-order valence-electron chi connectivity index (χ2n) is 3.81. The third-order valence-electron chi connectivity index (χ3n) is 2.88. The number of ether oxygens (including phenoxy) is 5. The lowest BCUT2D eigenvalue weighted by Gasteiger charge is -2.15. The van der Waals surface area contributed by atoms with Crippen molar-refractivity contribution >= 4 is 11.9 Å². The van der Waals surface area contributed by atoms with Gasteiger partial charge in [0.2, 0.25) is 0 Å². The largest absolute Gasteiger partial charge is 0.461 e. The summed E-state index contributed by atoms with van der Waals surface area (Å²) < 4.78 is 25.2. The molecule has 0 spiro atoms. The molecule has 17 heavy (non-hydrogen) atoms. The first kappa shape index (κ1) is 12.3. The van der Waals surface area contributed by atoms with E-state index in [4.69, 9.17) is 18.9 Å². The van der Waals surface area contributed by atoms with E-state index in [9.17, 15) is 9.59 Å². The van der Waals surface area contributed by atoms with E-state index in [1.165, 1.54) is 0 Å². The van der Waals surface area contributed by atoms with Crippen molar-refractivity contribution in [2.45, 2.75) is 24.4 Å². The maximum absolute atomic E-state index is 11.2. The molecule has 4 unspecified atom stereocenters. The number of methoxy groups -OCH3 is 2. The Morgan fingerprint density at radius 3 is 2.18 bits per heavy atom. The van der Waals surface area contributed by atoms with Crippen molar-refractivity contribution in [3.05, 3.63) is 0 Å². The van der Waals surface area contributed by atoms with Gasteiger partial charge in [0.1, 0.15) is 18.3 Å². The Balaban J connectivity index is 1.92. The Labute approximate surface area is 97.9 Å². The lowest BCUT2D eigenvalue weighted by atomic mass is 10.1. The van der Waals surface area contributed by atoms with Crippen molar-refractivity contribution in [3.8, 4) is 0 Å². The summed E-state index contributed by atoms with van der Waals surface area (Å²) in [5.74, 6) is -2.07. The smallest absolute Gasteiger partial charge is 0.417 e. The molecular formula is C10H14O7. The maximum atomic E-state index is 11.2. The summed E-state index contributed by atoms with van der Waals surface area (Å²) in [6.45, 7) is 0.579. The Morgan fingerprint density at radius 2 is 1.59 bits per heavy atom. The SMILES string of the molecule is COC(=O)C(=O)OC1COC2C(OC)COC12. The van der Waals surface area contributed by atoms with E-state index < -0.39 is 18.0 Å². The summed E-state index contributed by atoms with van der Waals surface area (Å²) in [4.78, 5) is 22.1. The Bertz CT molecular complexity index is 316. The summed E-state index contributed by atoms with van der Waals surface area (Å²) >= 11 is 0. The van der Waals surface area contributed by atoms with Crippen molar-refractivity contribution in [2.24, 2.45) is 0 Å². The summed E-state index contributed by atoms with van der Waals surface area (Å²) in [7, 11) is 2.68. The zero-order chi connectivity index (χ0) is 12.4. The van der Waals surface area contributed by atoms with Crippen LogP contribution in [-0.4, -0.2) is 63.8 Å². The van der Waals surface area contributed by atoms with Gasteiger partial charge in [-0.1, -0.05) is 0 Å². The molecular weight excluding hydrogens is 232 g/mol. The molecule has 0 amide bonds. The van der Waals surface area contributed by atoms with Crippen LogP contribution in [0.5, 0.6) is 0 Å². The average Bonchev–Trinajstić information content (AvgIpc) is 2.90. The van der Waals surface area contributed by atoms with Gasteiger partial charge in [-0.25, -0.2) is 9.59 Å². The van der Waals surface area contributed by atoms with Crippen molar-refractivity contribution in [3.63, 3.8) is 0 Å². The van der Waals surface area contributed by atoms with Crippen molar-refractivity contribution in [1.29, 1.82) is 0 Å². The molecule has 0 bridgehead atoms. The first-order valence-corrected chi connectivity index (χ1v) is 5.22. The predicted molar refractivity (Wildman–Crippen MR) is 52.2 cm³/mol.